The Morgan fingerprint density at radius 2 is 1.94 bits per heavy atom. The molecular weight excluding hydrogens is 228 g/mol. The van der Waals surface area contributed by atoms with Crippen LogP contribution in [0.15, 0.2) is 12.1 Å². The zero-order valence-electron chi connectivity index (χ0n) is 10.2. The minimum absolute atomic E-state index is 0.261. The first-order valence-corrected chi connectivity index (χ1v) is 5.11. The quantitative estimate of drug-likeness (QED) is 0.886. The summed E-state index contributed by atoms with van der Waals surface area (Å²) in [5, 5.41) is 2.20. The van der Waals surface area contributed by atoms with Crippen LogP contribution in [0.25, 0.3) is 0 Å². The van der Waals surface area contributed by atoms with E-state index in [1.165, 1.54) is 33.9 Å². The van der Waals surface area contributed by atoms with Gasteiger partial charge in [0.1, 0.15) is 17.1 Å². The molecule has 17 heavy (non-hydrogen) atoms. The number of hydrogen-bond donors (Lipinski definition) is 1. The second-order valence-corrected chi connectivity index (χ2v) is 4.22. The number of carbonyl (C=O) groups is 1. The third-order valence-corrected chi connectivity index (χ3v) is 2.58. The summed E-state index contributed by atoms with van der Waals surface area (Å²) in [4.78, 5) is 11.7. The molecule has 94 valence electrons. The molecule has 0 aliphatic rings. The summed E-state index contributed by atoms with van der Waals surface area (Å²) in [7, 11) is 1.35. The Bertz CT molecular complexity index is 444. The molecule has 1 rings (SSSR count). The number of hydrogen-bond acceptors (Lipinski definition) is 2. The fourth-order valence-electron chi connectivity index (χ4n) is 1.13. The lowest BCUT2D eigenvalue weighted by molar-refractivity contribution is -0.133. The van der Waals surface area contributed by atoms with Crippen molar-refractivity contribution in [2.24, 2.45) is 0 Å². The summed E-state index contributed by atoms with van der Waals surface area (Å²) in [6.07, 6.45) is 0. The third kappa shape index (κ3) is 2.79. The molecule has 0 saturated heterocycles. The average Bonchev–Trinajstić information content (AvgIpc) is 2.29. The molecular formula is C12H15F2NO2. The topological polar surface area (TPSA) is 38.3 Å². The molecule has 0 aromatic heterocycles. The number of ether oxygens (including phenoxy) is 1. The maximum Gasteiger partial charge on any atom is 0.256 e. The van der Waals surface area contributed by atoms with E-state index in [4.69, 9.17) is 4.74 Å². The molecule has 0 aliphatic carbocycles. The molecule has 3 nitrogen and oxygen atoms in total. The molecule has 0 aliphatic heterocycles. The molecule has 0 heterocycles. The van der Waals surface area contributed by atoms with E-state index in [2.05, 4.69) is 5.32 Å². The predicted octanol–water partition coefficient (Wildman–Crippen LogP) is 2.64. The summed E-state index contributed by atoms with van der Waals surface area (Å²) >= 11 is 0. The van der Waals surface area contributed by atoms with E-state index in [-0.39, 0.29) is 5.56 Å². The van der Waals surface area contributed by atoms with Crippen LogP contribution in [0.3, 0.4) is 0 Å². The van der Waals surface area contributed by atoms with Crippen molar-refractivity contribution in [3.63, 3.8) is 0 Å². The summed E-state index contributed by atoms with van der Waals surface area (Å²) in [5.74, 6) is -2.19. The molecule has 0 atom stereocenters. The molecule has 0 radical (unpaired) electrons. The van der Waals surface area contributed by atoms with Gasteiger partial charge in [-0.3, -0.25) is 4.79 Å². The Morgan fingerprint density at radius 1 is 1.35 bits per heavy atom. The Hall–Kier alpha value is -1.49. The lowest BCUT2D eigenvalue weighted by atomic mass is 10.1. The number of aryl methyl sites for hydroxylation is 1. The van der Waals surface area contributed by atoms with Crippen LogP contribution in [-0.4, -0.2) is 18.6 Å². The number of benzene rings is 1. The highest BCUT2D eigenvalue weighted by Crippen LogP contribution is 2.23. The zero-order valence-corrected chi connectivity index (χ0v) is 10.2. The Labute approximate surface area is 98.8 Å². The number of carbonyl (C=O) groups excluding carboxylic acids is 1. The molecule has 0 bridgehead atoms. The van der Waals surface area contributed by atoms with Crippen LogP contribution in [0, 0.1) is 18.6 Å². The van der Waals surface area contributed by atoms with Crippen LogP contribution in [0.2, 0.25) is 0 Å². The number of nitrogens with one attached hydrogen (secondary N) is 1. The summed E-state index contributed by atoms with van der Waals surface area (Å²) in [6.45, 7) is 4.51. The van der Waals surface area contributed by atoms with Gasteiger partial charge < -0.3 is 10.1 Å². The molecule has 1 aromatic rings. The van der Waals surface area contributed by atoms with Crippen LogP contribution < -0.4 is 5.32 Å². The van der Waals surface area contributed by atoms with Crippen molar-refractivity contribution in [1.82, 2.24) is 0 Å². The fourth-order valence-corrected chi connectivity index (χ4v) is 1.13. The van der Waals surface area contributed by atoms with Crippen molar-refractivity contribution in [1.29, 1.82) is 0 Å². The van der Waals surface area contributed by atoms with Crippen LogP contribution in [0.1, 0.15) is 19.4 Å². The van der Waals surface area contributed by atoms with Crippen molar-refractivity contribution >= 4 is 11.6 Å². The second kappa shape index (κ2) is 4.79. The van der Waals surface area contributed by atoms with Crippen molar-refractivity contribution < 1.29 is 18.3 Å². The van der Waals surface area contributed by atoms with Gasteiger partial charge in [-0.1, -0.05) is 6.07 Å². The molecule has 0 saturated carbocycles. The van der Waals surface area contributed by atoms with Crippen molar-refractivity contribution in [2.45, 2.75) is 26.4 Å². The van der Waals surface area contributed by atoms with Gasteiger partial charge in [0.15, 0.2) is 5.82 Å². The molecule has 1 amide bonds. The van der Waals surface area contributed by atoms with Crippen molar-refractivity contribution in [3.8, 4) is 0 Å². The average molecular weight is 243 g/mol. The van der Waals surface area contributed by atoms with E-state index in [1.54, 1.807) is 0 Å². The Kier molecular flexibility index (Phi) is 3.83. The highest BCUT2D eigenvalue weighted by atomic mass is 19.1. The van der Waals surface area contributed by atoms with E-state index in [0.29, 0.717) is 0 Å². The minimum atomic E-state index is -1.15. The van der Waals surface area contributed by atoms with Crippen LogP contribution in [0.4, 0.5) is 14.5 Å². The lowest BCUT2D eigenvalue weighted by Crippen LogP contribution is -2.39. The van der Waals surface area contributed by atoms with Gasteiger partial charge in [-0.2, -0.15) is 0 Å². The maximum absolute atomic E-state index is 13.6. The normalized spacial score (nSPS) is 11.4. The number of halogens is 2. The monoisotopic (exact) mass is 243 g/mol. The fraction of sp³-hybridized carbons (Fsp3) is 0.417. The Balaban J connectivity index is 3.04. The van der Waals surface area contributed by atoms with E-state index < -0.39 is 28.8 Å². The van der Waals surface area contributed by atoms with Crippen LogP contribution >= 0.6 is 0 Å². The predicted molar refractivity (Wildman–Crippen MR) is 60.8 cm³/mol. The van der Waals surface area contributed by atoms with Crippen molar-refractivity contribution in [3.05, 3.63) is 29.3 Å². The summed E-state index contributed by atoms with van der Waals surface area (Å²) < 4.78 is 31.9. The molecule has 5 heteroatoms. The molecule has 0 spiro atoms. The first-order chi connectivity index (χ1) is 7.79. The second-order valence-electron chi connectivity index (χ2n) is 4.22. The molecule has 0 fully saturated rings. The number of rotatable bonds is 3. The summed E-state index contributed by atoms with van der Waals surface area (Å²) in [6, 6.07) is 2.41. The maximum atomic E-state index is 13.6. The molecule has 0 unspecified atom stereocenters. The van der Waals surface area contributed by atoms with Gasteiger partial charge in [0.2, 0.25) is 0 Å². The van der Waals surface area contributed by atoms with E-state index in [1.807, 2.05) is 0 Å². The smallest absolute Gasteiger partial charge is 0.256 e. The first kappa shape index (κ1) is 13.6. The number of anilines is 1. The van der Waals surface area contributed by atoms with Gasteiger partial charge in [-0.15, -0.1) is 0 Å². The third-order valence-electron chi connectivity index (χ3n) is 2.58. The van der Waals surface area contributed by atoms with Crippen LogP contribution in [-0.2, 0) is 9.53 Å². The number of amides is 1. The summed E-state index contributed by atoms with van der Waals surface area (Å²) in [5.41, 5.74) is -1.33. The standard InChI is InChI=1S/C12H15F2NO2/c1-7-5-6-8(13)10(9(7)14)15-11(16)12(2,3)17-4/h5-6H,1-4H3,(H,15,16). The first-order valence-electron chi connectivity index (χ1n) is 5.11. The van der Waals surface area contributed by atoms with E-state index in [9.17, 15) is 13.6 Å². The number of methoxy groups -OCH3 is 1. The van der Waals surface area contributed by atoms with Gasteiger partial charge in [-0.25, -0.2) is 8.78 Å². The van der Waals surface area contributed by atoms with Gasteiger partial charge >= 0.3 is 0 Å². The zero-order chi connectivity index (χ0) is 13.2. The van der Waals surface area contributed by atoms with E-state index in [0.717, 1.165) is 6.07 Å². The highest BCUT2D eigenvalue weighted by molar-refractivity contribution is 5.97. The van der Waals surface area contributed by atoms with Crippen molar-refractivity contribution in [2.75, 3.05) is 12.4 Å². The van der Waals surface area contributed by atoms with E-state index >= 15 is 0 Å². The van der Waals surface area contributed by atoms with Crippen LogP contribution in [0.5, 0.6) is 0 Å². The SMILES string of the molecule is COC(C)(C)C(=O)Nc1c(F)ccc(C)c1F. The highest BCUT2D eigenvalue weighted by Gasteiger charge is 2.28. The Morgan fingerprint density at radius 3 is 2.47 bits per heavy atom. The van der Waals surface area contributed by atoms with Gasteiger partial charge in [0.25, 0.3) is 5.91 Å². The molecule has 1 N–H and O–H groups in total. The minimum Gasteiger partial charge on any atom is -0.369 e. The lowest BCUT2D eigenvalue weighted by Gasteiger charge is -2.22. The van der Waals surface area contributed by atoms with Gasteiger partial charge in [0.05, 0.1) is 0 Å². The molecule has 1 aromatic carbocycles. The van der Waals surface area contributed by atoms with Gasteiger partial charge in [-0.05, 0) is 32.4 Å². The largest absolute Gasteiger partial charge is 0.369 e. The van der Waals surface area contributed by atoms with Gasteiger partial charge in [0, 0.05) is 7.11 Å².